The molecule has 1 aliphatic rings. The first-order valence-corrected chi connectivity index (χ1v) is 5.28. The quantitative estimate of drug-likeness (QED) is 0.582. The number of amides is 1. The molecule has 4 N–H and O–H groups in total. The molecule has 6 heteroatoms. The van der Waals surface area contributed by atoms with Crippen molar-refractivity contribution in [2.45, 2.75) is 6.04 Å². The lowest BCUT2D eigenvalue weighted by Crippen LogP contribution is -2.28. The van der Waals surface area contributed by atoms with Crippen LogP contribution < -0.4 is 15.4 Å². The molecule has 1 heterocycles. The zero-order valence-corrected chi connectivity index (χ0v) is 9.14. The minimum absolute atomic E-state index is 0.0235. The number of carbonyl (C=O) groups excluding carboxylic acids is 1. The molecule has 1 aromatic carbocycles. The summed E-state index contributed by atoms with van der Waals surface area (Å²) in [4.78, 5) is 11.1. The van der Waals surface area contributed by atoms with Crippen LogP contribution in [0.15, 0.2) is 18.2 Å². The van der Waals surface area contributed by atoms with Gasteiger partial charge in [-0.3, -0.25) is 4.79 Å². The van der Waals surface area contributed by atoms with Gasteiger partial charge in [0, 0.05) is 5.69 Å². The summed E-state index contributed by atoms with van der Waals surface area (Å²) in [7, 11) is 0. The van der Waals surface area contributed by atoms with E-state index in [2.05, 4.69) is 10.6 Å². The van der Waals surface area contributed by atoms with Crippen molar-refractivity contribution < 1.29 is 19.7 Å². The van der Waals surface area contributed by atoms with Crippen LogP contribution in [0, 0.1) is 0 Å². The molecule has 6 nitrogen and oxygen atoms in total. The number of aliphatic hydroxyl groups is 2. The van der Waals surface area contributed by atoms with Crippen LogP contribution in [0.4, 0.5) is 11.4 Å². The van der Waals surface area contributed by atoms with Gasteiger partial charge in [-0.25, -0.2) is 0 Å². The minimum Gasteiger partial charge on any atom is -0.482 e. The summed E-state index contributed by atoms with van der Waals surface area (Å²) in [5.41, 5.74) is 1.28. The third-order valence-electron chi connectivity index (χ3n) is 2.42. The molecule has 1 amide bonds. The number of hydrogen-bond donors (Lipinski definition) is 4. The van der Waals surface area contributed by atoms with Crippen LogP contribution in [0.3, 0.4) is 0 Å². The smallest absolute Gasteiger partial charge is 0.262 e. The number of benzene rings is 1. The monoisotopic (exact) mass is 238 g/mol. The zero-order chi connectivity index (χ0) is 12.3. The molecule has 0 aromatic heterocycles. The summed E-state index contributed by atoms with van der Waals surface area (Å²) in [6.07, 6.45) is 0. The van der Waals surface area contributed by atoms with Crippen LogP contribution in [0.5, 0.6) is 5.75 Å². The minimum atomic E-state index is -0.423. The highest BCUT2D eigenvalue weighted by atomic mass is 16.5. The lowest BCUT2D eigenvalue weighted by molar-refractivity contribution is -0.118. The first kappa shape index (κ1) is 11.7. The van der Waals surface area contributed by atoms with Crippen LogP contribution in [0.1, 0.15) is 0 Å². The Kier molecular flexibility index (Phi) is 3.46. The van der Waals surface area contributed by atoms with Crippen molar-refractivity contribution in [2.75, 3.05) is 30.5 Å². The largest absolute Gasteiger partial charge is 0.482 e. The van der Waals surface area contributed by atoms with Gasteiger partial charge in [0.05, 0.1) is 24.9 Å². The molecule has 0 aliphatic carbocycles. The Balaban J connectivity index is 2.15. The van der Waals surface area contributed by atoms with Gasteiger partial charge in [-0.1, -0.05) is 0 Å². The summed E-state index contributed by atoms with van der Waals surface area (Å²) in [6.45, 7) is -0.317. The summed E-state index contributed by atoms with van der Waals surface area (Å²) in [5.74, 6) is 0.412. The topological polar surface area (TPSA) is 90.8 Å². The van der Waals surface area contributed by atoms with Gasteiger partial charge in [0.15, 0.2) is 6.61 Å². The Morgan fingerprint density at radius 3 is 2.88 bits per heavy atom. The average Bonchev–Trinajstić information content (AvgIpc) is 2.35. The fourth-order valence-corrected chi connectivity index (χ4v) is 1.56. The number of ether oxygens (including phenoxy) is 1. The van der Waals surface area contributed by atoms with Crippen LogP contribution in [-0.2, 0) is 4.79 Å². The number of hydrogen-bond acceptors (Lipinski definition) is 5. The Hall–Kier alpha value is -1.79. The van der Waals surface area contributed by atoms with Gasteiger partial charge in [-0.05, 0) is 18.2 Å². The van der Waals surface area contributed by atoms with Gasteiger partial charge >= 0.3 is 0 Å². The van der Waals surface area contributed by atoms with E-state index in [1.165, 1.54) is 0 Å². The van der Waals surface area contributed by atoms with Crippen molar-refractivity contribution in [1.29, 1.82) is 0 Å². The van der Waals surface area contributed by atoms with Crippen molar-refractivity contribution in [3.05, 3.63) is 18.2 Å². The van der Waals surface area contributed by atoms with Gasteiger partial charge < -0.3 is 25.6 Å². The molecule has 17 heavy (non-hydrogen) atoms. The molecule has 0 atom stereocenters. The number of nitrogens with one attached hydrogen (secondary N) is 2. The number of aliphatic hydroxyl groups excluding tert-OH is 2. The van der Waals surface area contributed by atoms with Crippen LogP contribution in [-0.4, -0.2) is 42.0 Å². The van der Waals surface area contributed by atoms with Crippen LogP contribution >= 0.6 is 0 Å². The second kappa shape index (κ2) is 5.03. The van der Waals surface area contributed by atoms with E-state index in [9.17, 15) is 4.79 Å². The second-order valence-corrected chi connectivity index (χ2v) is 3.75. The van der Waals surface area contributed by atoms with Crippen LogP contribution in [0.2, 0.25) is 0 Å². The van der Waals surface area contributed by atoms with Gasteiger partial charge in [0.1, 0.15) is 5.75 Å². The summed E-state index contributed by atoms with van der Waals surface area (Å²) >= 11 is 0. The molecule has 1 aliphatic heterocycles. The lowest BCUT2D eigenvalue weighted by atomic mass is 10.2. The Morgan fingerprint density at radius 2 is 2.18 bits per heavy atom. The molecule has 0 saturated heterocycles. The summed E-state index contributed by atoms with van der Waals surface area (Å²) in [6, 6.07) is 4.76. The Morgan fingerprint density at radius 1 is 1.41 bits per heavy atom. The van der Waals surface area contributed by atoms with E-state index in [0.29, 0.717) is 17.1 Å². The van der Waals surface area contributed by atoms with Crippen molar-refractivity contribution in [1.82, 2.24) is 0 Å². The molecule has 2 rings (SSSR count). The van der Waals surface area contributed by atoms with E-state index in [0.717, 1.165) is 0 Å². The summed E-state index contributed by atoms with van der Waals surface area (Å²) in [5, 5.41) is 23.5. The Labute approximate surface area is 98.2 Å². The SMILES string of the molecule is O=C1COc2ccc(NC(CO)CO)cc2N1. The average molecular weight is 238 g/mol. The van der Waals surface area contributed by atoms with E-state index in [1.807, 2.05) is 0 Å². The number of fused-ring (bicyclic) bond motifs is 1. The highest BCUT2D eigenvalue weighted by molar-refractivity contribution is 5.96. The third-order valence-corrected chi connectivity index (χ3v) is 2.42. The standard InChI is InChI=1S/C11H14N2O4/c14-4-8(5-15)12-7-1-2-10-9(3-7)13-11(16)6-17-10/h1-3,8,12,14-15H,4-6H2,(H,13,16). The molecule has 0 radical (unpaired) electrons. The maximum Gasteiger partial charge on any atom is 0.262 e. The normalized spacial score (nSPS) is 13.9. The van der Waals surface area contributed by atoms with Crippen molar-refractivity contribution in [3.63, 3.8) is 0 Å². The predicted molar refractivity (Wildman–Crippen MR) is 62.1 cm³/mol. The molecule has 92 valence electrons. The predicted octanol–water partition coefficient (Wildman–Crippen LogP) is -0.217. The van der Waals surface area contributed by atoms with E-state index >= 15 is 0 Å². The first-order valence-electron chi connectivity index (χ1n) is 5.28. The van der Waals surface area contributed by atoms with E-state index in [1.54, 1.807) is 18.2 Å². The summed E-state index contributed by atoms with van der Waals surface area (Å²) < 4.78 is 5.21. The second-order valence-electron chi connectivity index (χ2n) is 3.75. The Bertz CT molecular complexity index is 418. The van der Waals surface area contributed by atoms with Crippen molar-refractivity contribution >= 4 is 17.3 Å². The molecular formula is C11H14N2O4. The molecule has 0 unspecified atom stereocenters. The van der Waals surface area contributed by atoms with Gasteiger partial charge in [0.2, 0.25) is 0 Å². The van der Waals surface area contributed by atoms with Crippen molar-refractivity contribution in [2.24, 2.45) is 0 Å². The molecule has 0 bridgehead atoms. The fourth-order valence-electron chi connectivity index (χ4n) is 1.56. The number of carbonyl (C=O) groups is 1. The van der Waals surface area contributed by atoms with E-state index in [-0.39, 0.29) is 25.7 Å². The highest BCUT2D eigenvalue weighted by Crippen LogP contribution is 2.30. The zero-order valence-electron chi connectivity index (χ0n) is 9.14. The van der Waals surface area contributed by atoms with Gasteiger partial charge in [-0.2, -0.15) is 0 Å². The first-order chi connectivity index (χ1) is 8.22. The van der Waals surface area contributed by atoms with E-state index in [4.69, 9.17) is 14.9 Å². The highest BCUT2D eigenvalue weighted by Gasteiger charge is 2.16. The molecule has 0 spiro atoms. The molecule has 1 aromatic rings. The third kappa shape index (κ3) is 2.66. The fraction of sp³-hybridized carbons (Fsp3) is 0.364. The van der Waals surface area contributed by atoms with Crippen LogP contribution in [0.25, 0.3) is 0 Å². The molecule has 0 saturated carbocycles. The maximum atomic E-state index is 11.1. The van der Waals surface area contributed by atoms with Gasteiger partial charge in [-0.15, -0.1) is 0 Å². The maximum absolute atomic E-state index is 11.1. The van der Waals surface area contributed by atoms with E-state index < -0.39 is 6.04 Å². The van der Waals surface area contributed by atoms with Crippen molar-refractivity contribution in [3.8, 4) is 5.75 Å². The number of anilines is 2. The lowest BCUT2D eigenvalue weighted by Gasteiger charge is -2.20. The number of rotatable bonds is 4. The molecule has 0 fully saturated rings. The molecular weight excluding hydrogens is 224 g/mol. The van der Waals surface area contributed by atoms with Gasteiger partial charge in [0.25, 0.3) is 5.91 Å².